The predicted molar refractivity (Wildman–Crippen MR) is 145 cm³/mol. The molecule has 6 atom stereocenters. The van der Waals surface area contributed by atoms with Gasteiger partial charge in [-0.3, -0.25) is 14.4 Å². The molecular formula is C29H38N2O5S. The first-order valence-corrected chi connectivity index (χ1v) is 14.2. The molecule has 3 saturated heterocycles. The zero-order valence-corrected chi connectivity index (χ0v) is 22.4. The number of ether oxygens (including phenoxy) is 1. The van der Waals surface area contributed by atoms with E-state index < -0.39 is 28.7 Å². The number of carbonyl (C=O) groups excluding carboxylic acids is 3. The number of hydrogen-bond acceptors (Lipinski definition) is 6. The molecule has 3 fully saturated rings. The van der Waals surface area contributed by atoms with Gasteiger partial charge in [-0.25, -0.2) is 0 Å². The van der Waals surface area contributed by atoms with Crippen molar-refractivity contribution in [1.82, 2.24) is 9.80 Å². The Balaban J connectivity index is 1.77. The molecule has 0 aliphatic carbocycles. The van der Waals surface area contributed by atoms with Crippen molar-refractivity contribution in [2.75, 3.05) is 26.3 Å². The van der Waals surface area contributed by atoms with E-state index in [-0.39, 0.29) is 36.2 Å². The summed E-state index contributed by atoms with van der Waals surface area (Å²) in [6, 6.07) is 7.87. The molecule has 3 aliphatic rings. The van der Waals surface area contributed by atoms with Crippen molar-refractivity contribution < 1.29 is 24.2 Å². The normalized spacial score (nSPS) is 28.6. The number of thioether (sulfide) groups is 1. The number of benzene rings is 1. The third kappa shape index (κ3) is 4.86. The maximum Gasteiger partial charge on any atom is 0.310 e. The van der Waals surface area contributed by atoms with Crippen molar-refractivity contribution >= 4 is 29.5 Å². The second-order valence-corrected chi connectivity index (χ2v) is 11.7. The van der Waals surface area contributed by atoms with Gasteiger partial charge >= 0.3 is 5.97 Å². The van der Waals surface area contributed by atoms with Crippen LogP contribution in [0.1, 0.15) is 50.6 Å². The van der Waals surface area contributed by atoms with Gasteiger partial charge in [0.2, 0.25) is 11.8 Å². The smallest absolute Gasteiger partial charge is 0.310 e. The Morgan fingerprint density at radius 1 is 1.30 bits per heavy atom. The fraction of sp³-hybridized carbons (Fsp3) is 0.552. The molecule has 1 aromatic rings. The van der Waals surface area contributed by atoms with Crippen LogP contribution >= 0.6 is 11.8 Å². The van der Waals surface area contributed by atoms with Crippen molar-refractivity contribution in [3.05, 3.63) is 61.2 Å². The highest BCUT2D eigenvalue weighted by molar-refractivity contribution is 8.02. The van der Waals surface area contributed by atoms with Crippen molar-refractivity contribution in [3.63, 3.8) is 0 Å². The van der Waals surface area contributed by atoms with Crippen molar-refractivity contribution in [1.29, 1.82) is 0 Å². The zero-order chi connectivity index (χ0) is 26.6. The predicted octanol–water partition coefficient (Wildman–Crippen LogP) is 3.75. The van der Waals surface area contributed by atoms with Crippen molar-refractivity contribution in [2.24, 2.45) is 11.8 Å². The highest BCUT2D eigenvalue weighted by Crippen LogP contribution is 2.67. The van der Waals surface area contributed by atoms with E-state index in [1.165, 1.54) is 0 Å². The minimum Gasteiger partial charge on any atom is -0.465 e. The van der Waals surface area contributed by atoms with E-state index in [0.717, 1.165) is 24.8 Å². The van der Waals surface area contributed by atoms with Gasteiger partial charge in [-0.2, -0.15) is 0 Å². The van der Waals surface area contributed by atoms with Crippen LogP contribution < -0.4 is 0 Å². The molecule has 2 bridgehead atoms. The Labute approximate surface area is 223 Å². The molecule has 0 aromatic heterocycles. The third-order valence-electron chi connectivity index (χ3n) is 7.95. The Morgan fingerprint density at radius 2 is 2.05 bits per heavy atom. The number of aliphatic hydroxyl groups excluding tert-OH is 1. The first kappa shape index (κ1) is 27.5. The second kappa shape index (κ2) is 11.9. The minimum atomic E-state index is -0.778. The Morgan fingerprint density at radius 3 is 2.70 bits per heavy atom. The third-order valence-corrected chi connectivity index (χ3v) is 9.90. The summed E-state index contributed by atoms with van der Waals surface area (Å²) in [7, 11) is 0. The standard InChI is InChI=1S/C29H38N2O5S/c1-4-7-17-30(16-6-3)27(34)25-29-15-14-22(37-29)23(28(35)36-18-8-5-2)24(29)26(33)31(25)21(19-32)20-12-10-9-11-13-20/h5-6,9-13,21-25,32H,2-4,7-8,14-19H2,1H3/t21-,22+,23-,24+,25?,29?/m1/s1. The highest BCUT2D eigenvalue weighted by Gasteiger charge is 2.74. The van der Waals surface area contributed by atoms with Crippen LogP contribution in [0.2, 0.25) is 0 Å². The van der Waals surface area contributed by atoms with Crippen LogP contribution in [-0.4, -0.2) is 75.0 Å². The van der Waals surface area contributed by atoms with E-state index in [1.807, 2.05) is 30.3 Å². The van der Waals surface area contributed by atoms with Gasteiger partial charge in [0.05, 0.1) is 35.8 Å². The van der Waals surface area contributed by atoms with Crippen LogP contribution in [0, 0.1) is 11.8 Å². The summed E-state index contributed by atoms with van der Waals surface area (Å²) in [5, 5.41) is 10.5. The molecule has 0 saturated carbocycles. The maximum absolute atomic E-state index is 14.3. The minimum absolute atomic E-state index is 0.0598. The van der Waals surface area contributed by atoms with Crippen LogP contribution in [0.5, 0.6) is 0 Å². The van der Waals surface area contributed by atoms with Gasteiger partial charge in [-0.15, -0.1) is 24.9 Å². The first-order chi connectivity index (χ1) is 17.9. The van der Waals surface area contributed by atoms with E-state index in [2.05, 4.69) is 20.1 Å². The van der Waals surface area contributed by atoms with Gasteiger partial charge in [0, 0.05) is 18.3 Å². The number of likely N-dealkylation sites (tertiary alicyclic amines) is 1. The molecule has 2 unspecified atom stereocenters. The molecule has 1 spiro atoms. The van der Waals surface area contributed by atoms with Gasteiger partial charge in [0.25, 0.3) is 0 Å². The number of hydrogen-bond donors (Lipinski definition) is 1. The first-order valence-electron chi connectivity index (χ1n) is 13.3. The summed E-state index contributed by atoms with van der Waals surface area (Å²) < 4.78 is 4.83. The molecule has 4 rings (SSSR count). The molecule has 2 amide bonds. The van der Waals surface area contributed by atoms with Gasteiger partial charge in [0.1, 0.15) is 6.04 Å². The summed E-state index contributed by atoms with van der Waals surface area (Å²) in [4.78, 5) is 45.3. The summed E-state index contributed by atoms with van der Waals surface area (Å²) in [5.74, 6) is -2.00. The molecule has 1 N–H and O–H groups in total. The summed E-state index contributed by atoms with van der Waals surface area (Å²) in [6.45, 7) is 10.5. The van der Waals surface area contributed by atoms with Crippen LogP contribution in [-0.2, 0) is 19.1 Å². The van der Waals surface area contributed by atoms with Crippen LogP contribution in [0.4, 0.5) is 0 Å². The van der Waals surface area contributed by atoms with Gasteiger partial charge in [0.15, 0.2) is 0 Å². The van der Waals surface area contributed by atoms with Crippen molar-refractivity contribution in [3.8, 4) is 0 Å². The Bertz CT molecular complexity index is 1020. The summed E-state index contributed by atoms with van der Waals surface area (Å²) >= 11 is 1.61. The average molecular weight is 527 g/mol. The molecule has 1 aromatic carbocycles. The fourth-order valence-electron chi connectivity index (χ4n) is 6.31. The lowest BCUT2D eigenvalue weighted by Gasteiger charge is -2.39. The van der Waals surface area contributed by atoms with Gasteiger partial charge < -0.3 is 19.6 Å². The number of carbonyl (C=O) groups is 3. The molecule has 8 heteroatoms. The van der Waals surface area contributed by atoms with Crippen LogP contribution in [0.25, 0.3) is 0 Å². The Kier molecular flexibility index (Phi) is 8.80. The van der Waals surface area contributed by atoms with E-state index >= 15 is 0 Å². The largest absolute Gasteiger partial charge is 0.465 e. The number of nitrogens with zero attached hydrogens (tertiary/aromatic N) is 2. The van der Waals surface area contributed by atoms with E-state index in [1.54, 1.807) is 33.7 Å². The van der Waals surface area contributed by atoms with Crippen molar-refractivity contribution in [2.45, 2.75) is 61.1 Å². The zero-order valence-electron chi connectivity index (χ0n) is 21.6. The number of amides is 2. The lowest BCUT2D eigenvalue weighted by molar-refractivity contribution is -0.154. The van der Waals surface area contributed by atoms with Crippen LogP contribution in [0.3, 0.4) is 0 Å². The molecule has 200 valence electrons. The number of unbranched alkanes of at least 4 members (excludes halogenated alkanes) is 1. The molecule has 3 aliphatic heterocycles. The second-order valence-electron chi connectivity index (χ2n) is 10.1. The quantitative estimate of drug-likeness (QED) is 0.239. The number of rotatable bonds is 13. The lowest BCUT2D eigenvalue weighted by Crippen LogP contribution is -2.55. The molecule has 3 heterocycles. The number of aliphatic hydroxyl groups is 1. The molecule has 7 nitrogen and oxygen atoms in total. The maximum atomic E-state index is 14.3. The highest BCUT2D eigenvalue weighted by atomic mass is 32.2. The van der Waals surface area contributed by atoms with E-state index in [9.17, 15) is 19.5 Å². The summed E-state index contributed by atoms with van der Waals surface area (Å²) in [5.41, 5.74) is 0.765. The molecular weight excluding hydrogens is 488 g/mol. The lowest BCUT2D eigenvalue weighted by atomic mass is 9.71. The van der Waals surface area contributed by atoms with Crippen LogP contribution in [0.15, 0.2) is 55.6 Å². The molecule has 37 heavy (non-hydrogen) atoms. The van der Waals surface area contributed by atoms with Gasteiger partial charge in [-0.1, -0.05) is 55.8 Å². The monoisotopic (exact) mass is 526 g/mol. The van der Waals surface area contributed by atoms with Gasteiger partial charge in [-0.05, 0) is 31.2 Å². The number of esters is 1. The average Bonchev–Trinajstić information content (AvgIpc) is 3.55. The van der Waals surface area contributed by atoms with E-state index in [4.69, 9.17) is 4.74 Å². The fourth-order valence-corrected chi connectivity index (χ4v) is 8.50. The Hall–Kier alpha value is -2.58. The number of fused-ring (bicyclic) bond motifs is 1. The molecule has 0 radical (unpaired) electrons. The topological polar surface area (TPSA) is 87.2 Å². The van der Waals surface area contributed by atoms with E-state index in [0.29, 0.717) is 25.9 Å². The SMILES string of the molecule is C=CCCOC(=O)[C@@H]1[C@@H]2CCC3(S2)C(C(=O)N(CC=C)CCCC)N([C@H](CO)c2ccccc2)C(=O)[C@H]13. The summed E-state index contributed by atoms with van der Waals surface area (Å²) in [6.07, 6.45) is 7.14.